The number of aromatic nitrogens is 2. The minimum atomic E-state index is -0.559. The Morgan fingerprint density at radius 2 is 2.11 bits per heavy atom. The number of hydroxylamine groups is 1. The lowest BCUT2D eigenvalue weighted by molar-refractivity contribution is -0.124. The van der Waals surface area contributed by atoms with Crippen LogP contribution in [0.3, 0.4) is 0 Å². The van der Waals surface area contributed by atoms with Crippen molar-refractivity contribution in [2.75, 3.05) is 6.54 Å². The van der Waals surface area contributed by atoms with Gasteiger partial charge in [0.25, 0.3) is 5.91 Å². The van der Waals surface area contributed by atoms with Crippen molar-refractivity contribution in [1.82, 2.24) is 20.6 Å². The summed E-state index contributed by atoms with van der Waals surface area (Å²) in [6.07, 6.45) is 3.35. The van der Waals surface area contributed by atoms with Crippen molar-refractivity contribution in [1.29, 1.82) is 0 Å². The van der Waals surface area contributed by atoms with Gasteiger partial charge in [0.05, 0.1) is 11.8 Å². The van der Waals surface area contributed by atoms with Gasteiger partial charge in [-0.05, 0) is 37.5 Å². The summed E-state index contributed by atoms with van der Waals surface area (Å²) in [6, 6.07) is 8.17. The molecule has 1 fully saturated rings. The number of amides is 1. The normalized spacial score (nSPS) is 21.3. The second kappa shape index (κ2) is 8.68. The standard InChI is InChI=1S/C21H28N4O3/c1-13(21-14(2)22-23-15(21)3)19-10-18(26)12-25(19)11-17-6-4-16(5-7-17)8-9-20(27)24-28/h4-9,13,18-19,26,28H,10-12H2,1-3H3,(H,22,23)(H,24,27)/t13?,18-,19-/m0/s1. The van der Waals surface area contributed by atoms with Crippen LogP contribution >= 0.6 is 0 Å². The van der Waals surface area contributed by atoms with E-state index in [-0.39, 0.29) is 18.1 Å². The lowest BCUT2D eigenvalue weighted by Crippen LogP contribution is -2.33. The van der Waals surface area contributed by atoms with E-state index < -0.39 is 5.91 Å². The van der Waals surface area contributed by atoms with E-state index in [1.54, 1.807) is 11.6 Å². The molecule has 1 aromatic carbocycles. The van der Waals surface area contributed by atoms with Gasteiger partial charge in [-0.3, -0.25) is 20.0 Å². The Hall–Kier alpha value is -2.48. The van der Waals surface area contributed by atoms with E-state index in [0.29, 0.717) is 6.54 Å². The van der Waals surface area contributed by atoms with Gasteiger partial charge >= 0.3 is 0 Å². The van der Waals surface area contributed by atoms with E-state index in [4.69, 9.17) is 5.21 Å². The second-order valence-electron chi connectivity index (χ2n) is 7.57. The lowest BCUT2D eigenvalue weighted by Gasteiger charge is -2.29. The SMILES string of the molecule is Cc1n[nH]c(C)c1C(C)[C@@H]1C[C@H](O)CN1Cc1ccc(C=CC(=O)NO)cc1. The largest absolute Gasteiger partial charge is 0.392 e. The zero-order valence-electron chi connectivity index (χ0n) is 16.5. The third-order valence-electron chi connectivity index (χ3n) is 5.55. The number of aryl methyl sites for hydroxylation is 2. The Bertz CT molecular complexity index is 824. The molecule has 0 aliphatic carbocycles. The van der Waals surface area contributed by atoms with Crippen molar-refractivity contribution >= 4 is 12.0 Å². The van der Waals surface area contributed by atoms with Crippen LogP contribution in [0.25, 0.3) is 6.08 Å². The van der Waals surface area contributed by atoms with E-state index in [9.17, 15) is 9.90 Å². The van der Waals surface area contributed by atoms with Crippen molar-refractivity contribution in [2.45, 2.75) is 51.8 Å². The number of β-amino-alcohol motifs (C(OH)–C–C–N with tert-alkyl or cyclic N) is 1. The van der Waals surface area contributed by atoms with Gasteiger partial charge in [0, 0.05) is 42.4 Å². The molecule has 7 nitrogen and oxygen atoms in total. The maximum absolute atomic E-state index is 11.1. The molecule has 0 saturated carbocycles. The number of carbonyl (C=O) groups excluding carboxylic acids is 1. The zero-order valence-corrected chi connectivity index (χ0v) is 16.5. The van der Waals surface area contributed by atoms with Crippen LogP contribution < -0.4 is 5.48 Å². The zero-order chi connectivity index (χ0) is 20.3. The molecule has 150 valence electrons. The van der Waals surface area contributed by atoms with E-state index in [1.807, 2.05) is 38.1 Å². The fourth-order valence-corrected chi connectivity index (χ4v) is 4.21. The molecule has 2 heterocycles. The molecule has 0 radical (unpaired) electrons. The number of rotatable bonds is 6. The third-order valence-corrected chi connectivity index (χ3v) is 5.55. The fourth-order valence-electron chi connectivity index (χ4n) is 4.21. The second-order valence-corrected chi connectivity index (χ2v) is 7.57. The molecule has 1 aliphatic heterocycles. The number of aromatic amines is 1. The first-order chi connectivity index (χ1) is 13.4. The number of carbonyl (C=O) groups is 1. The van der Waals surface area contributed by atoms with Crippen molar-refractivity contribution in [2.24, 2.45) is 0 Å². The highest BCUT2D eigenvalue weighted by atomic mass is 16.5. The van der Waals surface area contributed by atoms with Crippen LogP contribution in [0.2, 0.25) is 0 Å². The van der Waals surface area contributed by atoms with Crippen molar-refractivity contribution < 1.29 is 15.1 Å². The van der Waals surface area contributed by atoms with Crippen LogP contribution in [0, 0.1) is 13.8 Å². The van der Waals surface area contributed by atoms with Crippen LogP contribution in [0.5, 0.6) is 0 Å². The molecule has 1 amide bonds. The number of hydrogen-bond donors (Lipinski definition) is 4. The van der Waals surface area contributed by atoms with Crippen LogP contribution in [0.4, 0.5) is 0 Å². The summed E-state index contributed by atoms with van der Waals surface area (Å²) in [5.74, 6) is -0.285. The molecule has 3 rings (SSSR count). The molecule has 1 saturated heterocycles. The van der Waals surface area contributed by atoms with Crippen LogP contribution in [0.15, 0.2) is 30.3 Å². The highest BCUT2D eigenvalue weighted by Crippen LogP contribution is 2.34. The van der Waals surface area contributed by atoms with Gasteiger partial charge in [-0.1, -0.05) is 31.2 Å². The summed E-state index contributed by atoms with van der Waals surface area (Å²) >= 11 is 0. The van der Waals surface area contributed by atoms with E-state index in [1.165, 1.54) is 11.6 Å². The van der Waals surface area contributed by atoms with Crippen LogP contribution in [-0.2, 0) is 11.3 Å². The molecule has 1 aromatic heterocycles. The minimum Gasteiger partial charge on any atom is -0.392 e. The Morgan fingerprint density at radius 3 is 2.71 bits per heavy atom. The number of aliphatic hydroxyl groups excluding tert-OH is 1. The summed E-state index contributed by atoms with van der Waals surface area (Å²) in [4.78, 5) is 13.4. The van der Waals surface area contributed by atoms with Gasteiger partial charge in [0.1, 0.15) is 0 Å². The molecule has 1 unspecified atom stereocenters. The van der Waals surface area contributed by atoms with Crippen molar-refractivity contribution in [3.8, 4) is 0 Å². The molecule has 1 aliphatic rings. The third kappa shape index (κ3) is 4.49. The quantitative estimate of drug-likeness (QED) is 0.348. The number of nitrogens with zero attached hydrogens (tertiary/aromatic N) is 2. The average Bonchev–Trinajstić information content (AvgIpc) is 3.21. The van der Waals surface area contributed by atoms with Gasteiger partial charge in [-0.15, -0.1) is 0 Å². The van der Waals surface area contributed by atoms with Crippen LogP contribution in [-0.4, -0.2) is 50.0 Å². The molecule has 0 spiro atoms. The van der Waals surface area contributed by atoms with Gasteiger partial charge in [0.2, 0.25) is 0 Å². The number of benzene rings is 1. The molecule has 4 N–H and O–H groups in total. The Balaban J connectivity index is 1.71. The fraction of sp³-hybridized carbons (Fsp3) is 0.429. The number of likely N-dealkylation sites (tertiary alicyclic amines) is 1. The summed E-state index contributed by atoms with van der Waals surface area (Å²) in [5.41, 5.74) is 6.95. The van der Waals surface area contributed by atoms with Gasteiger partial charge in [-0.25, -0.2) is 5.48 Å². The number of nitrogens with one attached hydrogen (secondary N) is 2. The molecular weight excluding hydrogens is 356 g/mol. The topological polar surface area (TPSA) is 101 Å². The maximum Gasteiger partial charge on any atom is 0.267 e. The predicted octanol–water partition coefficient (Wildman–Crippen LogP) is 2.28. The van der Waals surface area contributed by atoms with Gasteiger partial charge < -0.3 is 5.11 Å². The lowest BCUT2D eigenvalue weighted by atomic mass is 9.89. The molecule has 2 aromatic rings. The average molecular weight is 384 g/mol. The van der Waals surface area contributed by atoms with E-state index in [0.717, 1.165) is 35.5 Å². The first-order valence-electron chi connectivity index (χ1n) is 9.53. The summed E-state index contributed by atoms with van der Waals surface area (Å²) < 4.78 is 0. The summed E-state index contributed by atoms with van der Waals surface area (Å²) in [7, 11) is 0. The number of aliphatic hydroxyl groups is 1. The highest BCUT2D eigenvalue weighted by Gasteiger charge is 2.36. The minimum absolute atomic E-state index is 0.248. The molecule has 0 bridgehead atoms. The monoisotopic (exact) mass is 384 g/mol. The maximum atomic E-state index is 11.1. The summed E-state index contributed by atoms with van der Waals surface area (Å²) in [5, 5.41) is 26.2. The Labute approximate surface area is 165 Å². The van der Waals surface area contributed by atoms with Crippen molar-refractivity contribution in [3.63, 3.8) is 0 Å². The molecule has 7 heteroatoms. The smallest absolute Gasteiger partial charge is 0.267 e. The Morgan fingerprint density at radius 1 is 1.39 bits per heavy atom. The molecular formula is C21H28N4O3. The molecule has 28 heavy (non-hydrogen) atoms. The first-order valence-corrected chi connectivity index (χ1v) is 9.53. The first kappa shape index (κ1) is 20.3. The van der Waals surface area contributed by atoms with Crippen LogP contribution in [0.1, 0.15) is 47.3 Å². The van der Waals surface area contributed by atoms with Gasteiger partial charge in [0.15, 0.2) is 0 Å². The molecule has 3 atom stereocenters. The summed E-state index contributed by atoms with van der Waals surface area (Å²) in [6.45, 7) is 7.69. The van der Waals surface area contributed by atoms with E-state index in [2.05, 4.69) is 22.0 Å². The number of H-pyrrole nitrogens is 1. The number of hydrogen-bond acceptors (Lipinski definition) is 5. The van der Waals surface area contributed by atoms with Gasteiger partial charge in [-0.2, -0.15) is 5.10 Å². The Kier molecular flexibility index (Phi) is 6.28. The predicted molar refractivity (Wildman–Crippen MR) is 107 cm³/mol. The van der Waals surface area contributed by atoms with E-state index >= 15 is 0 Å². The van der Waals surface area contributed by atoms with Crippen molar-refractivity contribution in [3.05, 3.63) is 58.4 Å². The highest BCUT2D eigenvalue weighted by molar-refractivity contribution is 5.90.